The SMILES string of the molecule is [2H]C1=NC(Cl)N(Cc2ccc(-n3nc(C(F)(F)F)cc3C)cc2)C=C1OC. The average molecular weight is 386 g/mol. The molecule has 2 aromatic rings. The summed E-state index contributed by atoms with van der Waals surface area (Å²) >= 11 is 6.14. The van der Waals surface area contributed by atoms with Gasteiger partial charge in [-0.05, 0) is 30.7 Å². The topological polar surface area (TPSA) is 42.7 Å². The third-order valence-electron chi connectivity index (χ3n) is 3.78. The summed E-state index contributed by atoms with van der Waals surface area (Å²) < 4.78 is 52.4. The number of hydrogen-bond donors (Lipinski definition) is 0. The molecule has 0 saturated carbocycles. The number of aliphatic imine (C=N–C) groups is 1. The van der Waals surface area contributed by atoms with Crippen LogP contribution in [0.3, 0.4) is 0 Å². The van der Waals surface area contributed by atoms with Crippen molar-refractivity contribution in [3.05, 3.63) is 59.2 Å². The fourth-order valence-electron chi connectivity index (χ4n) is 2.48. The smallest absolute Gasteiger partial charge is 0.435 e. The largest absolute Gasteiger partial charge is 0.494 e. The molecule has 0 fully saturated rings. The Morgan fingerprint density at radius 3 is 2.58 bits per heavy atom. The summed E-state index contributed by atoms with van der Waals surface area (Å²) in [6.07, 6.45) is -2.91. The van der Waals surface area contributed by atoms with Gasteiger partial charge < -0.3 is 9.64 Å². The Labute approximate surface area is 154 Å². The van der Waals surface area contributed by atoms with E-state index in [4.69, 9.17) is 17.7 Å². The van der Waals surface area contributed by atoms with Gasteiger partial charge in [-0.25, -0.2) is 9.67 Å². The van der Waals surface area contributed by atoms with Crippen LogP contribution < -0.4 is 0 Å². The number of methoxy groups -OCH3 is 1. The van der Waals surface area contributed by atoms with Gasteiger partial charge in [-0.2, -0.15) is 18.3 Å². The molecule has 1 aromatic heterocycles. The molecule has 1 aromatic carbocycles. The van der Waals surface area contributed by atoms with Crippen LogP contribution in [0.15, 0.2) is 47.3 Å². The zero-order valence-electron chi connectivity index (χ0n) is 15.0. The van der Waals surface area contributed by atoms with E-state index in [1.807, 2.05) is 0 Å². The van der Waals surface area contributed by atoms with Crippen molar-refractivity contribution in [2.45, 2.75) is 25.3 Å². The minimum absolute atomic E-state index is 0.0290. The van der Waals surface area contributed by atoms with Crippen molar-refractivity contribution < 1.29 is 19.3 Å². The van der Waals surface area contributed by atoms with Crippen molar-refractivity contribution in [2.24, 2.45) is 4.99 Å². The fraction of sp³-hybridized carbons (Fsp3) is 0.294. The van der Waals surface area contributed by atoms with E-state index in [1.54, 1.807) is 42.3 Å². The lowest BCUT2D eigenvalue weighted by Gasteiger charge is -2.26. The van der Waals surface area contributed by atoms with Crippen LogP contribution in [0, 0.1) is 6.92 Å². The normalized spacial score (nSPS) is 18.3. The second kappa shape index (κ2) is 7.03. The van der Waals surface area contributed by atoms with Crippen molar-refractivity contribution in [3.8, 4) is 5.69 Å². The molecule has 0 saturated heterocycles. The highest BCUT2D eigenvalue weighted by molar-refractivity contribution is 6.20. The van der Waals surface area contributed by atoms with Gasteiger partial charge in [0.25, 0.3) is 0 Å². The van der Waals surface area contributed by atoms with Gasteiger partial charge in [0.15, 0.2) is 17.1 Å². The Kier molecular flexibility index (Phi) is 4.58. The molecular formula is C17H16ClF3N4O. The monoisotopic (exact) mass is 385 g/mol. The molecule has 5 nitrogen and oxygen atoms in total. The minimum Gasteiger partial charge on any atom is -0.494 e. The molecule has 1 aliphatic heterocycles. The van der Waals surface area contributed by atoms with Crippen molar-refractivity contribution in [1.29, 1.82) is 0 Å². The first-order valence-electron chi connectivity index (χ1n) is 8.12. The number of aromatic nitrogens is 2. The Morgan fingerprint density at radius 1 is 1.31 bits per heavy atom. The Hall–Kier alpha value is -2.48. The molecular weight excluding hydrogens is 369 g/mol. The van der Waals surface area contributed by atoms with Crippen molar-refractivity contribution in [2.75, 3.05) is 7.11 Å². The second-order valence-electron chi connectivity index (χ2n) is 5.67. The lowest BCUT2D eigenvalue weighted by molar-refractivity contribution is -0.141. The van der Waals surface area contributed by atoms with Gasteiger partial charge in [0.1, 0.15) is 0 Å². The molecule has 0 radical (unpaired) electrons. The highest BCUT2D eigenvalue weighted by Gasteiger charge is 2.34. The standard InChI is InChI=1S/C17H16ClF3N4O/c1-11-7-15(17(19,20)21)23-25(11)13-5-3-12(4-6-13)9-24-10-14(26-2)8-22-16(24)18/h3-8,10,16H,9H2,1-2H3/i8D. The van der Waals surface area contributed by atoms with Crippen LogP contribution in [0.25, 0.3) is 5.69 Å². The van der Waals surface area contributed by atoms with Crippen molar-refractivity contribution >= 4 is 17.8 Å². The predicted molar refractivity (Wildman–Crippen MR) is 92.1 cm³/mol. The lowest BCUT2D eigenvalue weighted by Crippen LogP contribution is -2.28. The van der Waals surface area contributed by atoms with Gasteiger partial charge in [0, 0.05) is 18.4 Å². The van der Waals surface area contributed by atoms with Crippen LogP contribution in [0.2, 0.25) is 0 Å². The molecule has 1 aliphatic rings. The quantitative estimate of drug-likeness (QED) is 0.588. The summed E-state index contributed by atoms with van der Waals surface area (Å²) in [5.41, 5.74) is 0.104. The second-order valence-corrected chi connectivity index (χ2v) is 6.06. The predicted octanol–water partition coefficient (Wildman–Crippen LogP) is 4.10. The van der Waals surface area contributed by atoms with Crippen LogP contribution in [0.4, 0.5) is 13.2 Å². The van der Waals surface area contributed by atoms with Gasteiger partial charge in [-0.15, -0.1) is 0 Å². The number of nitrogens with zero attached hydrogens (tertiary/aromatic N) is 4. The van der Waals surface area contributed by atoms with Gasteiger partial charge in [-0.1, -0.05) is 23.7 Å². The maximum Gasteiger partial charge on any atom is 0.435 e. The van der Waals surface area contributed by atoms with E-state index in [1.165, 1.54) is 11.8 Å². The van der Waals surface area contributed by atoms with E-state index in [0.29, 0.717) is 23.7 Å². The van der Waals surface area contributed by atoms with E-state index in [0.717, 1.165) is 11.6 Å². The van der Waals surface area contributed by atoms with Crippen LogP contribution in [0.1, 0.15) is 18.3 Å². The lowest BCUT2D eigenvalue weighted by atomic mass is 10.2. The van der Waals surface area contributed by atoms with Crippen molar-refractivity contribution in [1.82, 2.24) is 14.7 Å². The van der Waals surface area contributed by atoms with Crippen molar-refractivity contribution in [3.63, 3.8) is 0 Å². The summed E-state index contributed by atoms with van der Waals surface area (Å²) in [4.78, 5) is 5.66. The van der Waals surface area contributed by atoms with Crippen LogP contribution in [-0.4, -0.2) is 33.6 Å². The molecule has 138 valence electrons. The average Bonchev–Trinajstić information content (AvgIpc) is 3.00. The summed E-state index contributed by atoms with van der Waals surface area (Å²) in [5, 5.41) is 3.63. The molecule has 0 N–H and O–H groups in total. The molecule has 9 heteroatoms. The number of aryl methyl sites for hydroxylation is 1. The minimum atomic E-state index is -4.48. The maximum absolute atomic E-state index is 12.8. The molecule has 0 aliphatic carbocycles. The fourth-order valence-corrected chi connectivity index (χ4v) is 2.65. The van der Waals surface area contributed by atoms with Crippen LogP contribution >= 0.6 is 11.6 Å². The van der Waals surface area contributed by atoms with E-state index < -0.39 is 17.5 Å². The molecule has 26 heavy (non-hydrogen) atoms. The molecule has 0 bridgehead atoms. The summed E-state index contributed by atoms with van der Waals surface area (Å²) in [6.45, 7) is 1.96. The molecule has 1 unspecified atom stereocenters. The highest BCUT2D eigenvalue weighted by atomic mass is 35.5. The summed E-state index contributed by atoms with van der Waals surface area (Å²) in [5.74, 6) is 0.301. The Bertz CT molecular complexity index is 893. The first kappa shape index (κ1) is 17.0. The third kappa shape index (κ3) is 3.85. The van der Waals surface area contributed by atoms with Crippen LogP contribution in [-0.2, 0) is 17.5 Å². The number of allylic oxidation sites excluding steroid dienone is 1. The zero-order chi connectivity index (χ0) is 19.8. The number of benzene rings is 1. The van der Waals surface area contributed by atoms with Gasteiger partial charge in [-0.3, -0.25) is 0 Å². The summed E-state index contributed by atoms with van der Waals surface area (Å²) in [6, 6.07) is 7.92. The number of rotatable bonds is 4. The van der Waals surface area contributed by atoms with Crippen LogP contribution in [0.5, 0.6) is 0 Å². The van der Waals surface area contributed by atoms with Gasteiger partial charge in [0.05, 0.1) is 20.4 Å². The molecule has 2 heterocycles. The molecule has 3 rings (SSSR count). The first-order chi connectivity index (χ1) is 12.7. The van der Waals surface area contributed by atoms with E-state index in [2.05, 4.69) is 10.1 Å². The molecule has 0 spiro atoms. The Balaban J connectivity index is 1.79. The molecule has 1 atom stereocenters. The maximum atomic E-state index is 12.8. The van der Waals surface area contributed by atoms with E-state index in [-0.39, 0.29) is 6.19 Å². The van der Waals surface area contributed by atoms with Gasteiger partial charge in [0.2, 0.25) is 0 Å². The summed E-state index contributed by atoms with van der Waals surface area (Å²) in [7, 11) is 1.44. The van der Waals surface area contributed by atoms with E-state index in [9.17, 15) is 13.2 Å². The van der Waals surface area contributed by atoms with Gasteiger partial charge >= 0.3 is 6.18 Å². The number of hydrogen-bond acceptors (Lipinski definition) is 4. The third-order valence-corrected chi connectivity index (χ3v) is 4.13. The molecule has 0 amide bonds. The Morgan fingerprint density at radius 2 is 2.00 bits per heavy atom. The number of ether oxygens (including phenoxy) is 1. The number of halogens is 4. The van der Waals surface area contributed by atoms with E-state index >= 15 is 0 Å². The zero-order valence-corrected chi connectivity index (χ0v) is 14.7. The highest BCUT2D eigenvalue weighted by Crippen LogP contribution is 2.29. The number of alkyl halides is 4. The first-order valence-corrected chi connectivity index (χ1v) is 8.06.